The molecule has 1 aromatic heterocycles. The number of anilines is 1. The largest absolute Gasteiger partial charge is 0.478 e. The van der Waals surface area contributed by atoms with Crippen LogP contribution in [0.15, 0.2) is 33.4 Å². The Morgan fingerprint density at radius 3 is 2.71 bits per heavy atom. The molecule has 2 rings (SSSR count). The van der Waals surface area contributed by atoms with E-state index in [-0.39, 0.29) is 11.6 Å². The Balaban J connectivity index is 1.98. The van der Waals surface area contributed by atoms with E-state index in [4.69, 9.17) is 5.11 Å². The average molecular weight is 369 g/mol. The molecule has 110 valence electrons. The van der Waals surface area contributed by atoms with Crippen molar-refractivity contribution in [2.24, 2.45) is 0 Å². The Hall–Kier alpha value is -1.86. The van der Waals surface area contributed by atoms with Crippen molar-refractivity contribution in [2.75, 3.05) is 5.32 Å². The standard InChI is InChI=1S/C14H13BrN2O3S/c1-8-6-21-7-9(8)5-16-14(20)17-10-2-3-12(15)11(4-10)13(18)19/h2-4,6-7H,5H2,1H3,(H,18,19)(H2,16,17,20). The number of aromatic carboxylic acids is 1. The molecular formula is C14H13BrN2O3S. The van der Waals surface area contributed by atoms with Gasteiger partial charge in [0.2, 0.25) is 0 Å². The lowest BCUT2D eigenvalue weighted by Gasteiger charge is -2.09. The summed E-state index contributed by atoms with van der Waals surface area (Å²) in [6, 6.07) is 4.25. The third kappa shape index (κ3) is 4.05. The fraction of sp³-hybridized carbons (Fsp3) is 0.143. The highest BCUT2D eigenvalue weighted by atomic mass is 79.9. The summed E-state index contributed by atoms with van der Waals surface area (Å²) < 4.78 is 0.467. The van der Waals surface area contributed by atoms with Crippen molar-refractivity contribution in [2.45, 2.75) is 13.5 Å². The first kappa shape index (κ1) is 15.5. The Morgan fingerprint density at radius 1 is 1.33 bits per heavy atom. The molecule has 0 spiro atoms. The number of carbonyl (C=O) groups excluding carboxylic acids is 1. The molecule has 0 aliphatic rings. The molecule has 0 atom stereocenters. The number of aryl methyl sites for hydroxylation is 1. The van der Waals surface area contributed by atoms with E-state index in [1.807, 2.05) is 17.7 Å². The second-order valence-corrected chi connectivity index (χ2v) is 5.99. The highest BCUT2D eigenvalue weighted by molar-refractivity contribution is 9.10. The van der Waals surface area contributed by atoms with Gasteiger partial charge < -0.3 is 15.7 Å². The monoisotopic (exact) mass is 368 g/mol. The quantitative estimate of drug-likeness (QED) is 0.766. The van der Waals surface area contributed by atoms with Gasteiger partial charge in [0.1, 0.15) is 0 Å². The number of hydrogen-bond acceptors (Lipinski definition) is 3. The summed E-state index contributed by atoms with van der Waals surface area (Å²) in [6.07, 6.45) is 0. The van der Waals surface area contributed by atoms with Crippen LogP contribution in [0, 0.1) is 6.92 Å². The molecule has 2 amide bonds. The topological polar surface area (TPSA) is 78.4 Å². The second-order valence-electron chi connectivity index (χ2n) is 4.39. The number of urea groups is 1. The van der Waals surface area contributed by atoms with Crippen LogP contribution in [0.25, 0.3) is 0 Å². The summed E-state index contributed by atoms with van der Waals surface area (Å²) in [5.41, 5.74) is 2.73. The number of carbonyl (C=O) groups is 2. The Bertz CT molecular complexity index is 685. The van der Waals surface area contributed by atoms with Crippen LogP contribution in [0.2, 0.25) is 0 Å². The Morgan fingerprint density at radius 2 is 2.10 bits per heavy atom. The lowest BCUT2D eigenvalue weighted by atomic mass is 10.2. The van der Waals surface area contributed by atoms with Crippen molar-refractivity contribution in [1.82, 2.24) is 5.32 Å². The fourth-order valence-electron chi connectivity index (χ4n) is 1.69. The van der Waals surface area contributed by atoms with Crippen LogP contribution >= 0.6 is 27.3 Å². The summed E-state index contributed by atoms with van der Waals surface area (Å²) in [4.78, 5) is 22.8. The van der Waals surface area contributed by atoms with Crippen molar-refractivity contribution < 1.29 is 14.7 Å². The van der Waals surface area contributed by atoms with Crippen LogP contribution in [-0.2, 0) is 6.54 Å². The van der Waals surface area contributed by atoms with Gasteiger partial charge >= 0.3 is 12.0 Å². The minimum atomic E-state index is -1.06. The first-order valence-corrected chi connectivity index (χ1v) is 7.80. The zero-order valence-electron chi connectivity index (χ0n) is 11.1. The number of nitrogens with one attached hydrogen (secondary N) is 2. The minimum absolute atomic E-state index is 0.0986. The molecule has 5 nitrogen and oxygen atoms in total. The number of benzene rings is 1. The second kappa shape index (κ2) is 6.73. The summed E-state index contributed by atoms with van der Waals surface area (Å²) in [6.45, 7) is 2.42. The van der Waals surface area contributed by atoms with E-state index in [2.05, 4.69) is 26.6 Å². The molecule has 1 heterocycles. The highest BCUT2D eigenvalue weighted by Gasteiger charge is 2.10. The van der Waals surface area contributed by atoms with Crippen molar-refractivity contribution in [3.8, 4) is 0 Å². The molecule has 0 aliphatic carbocycles. The van der Waals surface area contributed by atoms with E-state index in [0.29, 0.717) is 16.7 Å². The van der Waals surface area contributed by atoms with E-state index in [1.165, 1.54) is 6.07 Å². The molecule has 0 unspecified atom stereocenters. The molecule has 3 N–H and O–H groups in total. The fourth-order valence-corrected chi connectivity index (χ4v) is 2.96. The van der Waals surface area contributed by atoms with E-state index in [0.717, 1.165) is 11.1 Å². The number of rotatable bonds is 4. The number of halogens is 1. The smallest absolute Gasteiger partial charge is 0.336 e. The van der Waals surface area contributed by atoms with Gasteiger partial charge in [0.05, 0.1) is 5.56 Å². The molecular weight excluding hydrogens is 356 g/mol. The maximum Gasteiger partial charge on any atom is 0.336 e. The number of thiophene rings is 1. The molecule has 0 fully saturated rings. The molecule has 0 bridgehead atoms. The zero-order valence-corrected chi connectivity index (χ0v) is 13.5. The van der Waals surface area contributed by atoms with Crippen molar-refractivity contribution >= 4 is 45.0 Å². The van der Waals surface area contributed by atoms with Gasteiger partial charge in [-0.1, -0.05) is 0 Å². The number of amides is 2. The van der Waals surface area contributed by atoms with Gasteiger partial charge in [-0.2, -0.15) is 11.3 Å². The zero-order chi connectivity index (χ0) is 15.4. The summed E-state index contributed by atoms with van der Waals surface area (Å²) in [5.74, 6) is -1.06. The average Bonchev–Trinajstić information content (AvgIpc) is 2.84. The lowest BCUT2D eigenvalue weighted by molar-refractivity contribution is 0.0696. The van der Waals surface area contributed by atoms with Crippen LogP contribution in [0.1, 0.15) is 21.5 Å². The van der Waals surface area contributed by atoms with Gasteiger partial charge in [-0.25, -0.2) is 9.59 Å². The van der Waals surface area contributed by atoms with Gasteiger partial charge in [-0.3, -0.25) is 0 Å². The third-order valence-electron chi connectivity index (χ3n) is 2.86. The van der Waals surface area contributed by atoms with Crippen molar-refractivity contribution in [1.29, 1.82) is 0 Å². The van der Waals surface area contributed by atoms with E-state index < -0.39 is 5.97 Å². The predicted molar refractivity (Wildman–Crippen MR) is 86.0 cm³/mol. The van der Waals surface area contributed by atoms with E-state index in [9.17, 15) is 9.59 Å². The molecule has 0 saturated heterocycles. The SMILES string of the molecule is Cc1cscc1CNC(=O)Nc1ccc(Br)c(C(=O)O)c1. The van der Waals surface area contributed by atoms with Crippen LogP contribution in [0.3, 0.4) is 0 Å². The van der Waals surface area contributed by atoms with Crippen LogP contribution in [0.4, 0.5) is 10.5 Å². The molecule has 2 aromatic rings. The molecule has 21 heavy (non-hydrogen) atoms. The maximum absolute atomic E-state index is 11.8. The molecule has 7 heteroatoms. The van der Waals surface area contributed by atoms with Gasteiger partial charge in [0.25, 0.3) is 0 Å². The number of carboxylic acid groups (broad SMARTS) is 1. The molecule has 0 saturated carbocycles. The van der Waals surface area contributed by atoms with E-state index >= 15 is 0 Å². The number of carboxylic acids is 1. The maximum atomic E-state index is 11.8. The minimum Gasteiger partial charge on any atom is -0.478 e. The summed E-state index contributed by atoms with van der Waals surface area (Å²) in [5, 5.41) is 18.4. The van der Waals surface area contributed by atoms with Crippen molar-refractivity contribution in [3.05, 3.63) is 50.1 Å². The predicted octanol–water partition coefficient (Wildman–Crippen LogP) is 3.84. The van der Waals surface area contributed by atoms with Gasteiger partial charge in [0, 0.05) is 16.7 Å². The van der Waals surface area contributed by atoms with Gasteiger partial charge in [-0.05, 0) is 62.9 Å². The molecule has 1 aromatic carbocycles. The van der Waals surface area contributed by atoms with Crippen LogP contribution in [0.5, 0.6) is 0 Å². The van der Waals surface area contributed by atoms with Crippen LogP contribution in [-0.4, -0.2) is 17.1 Å². The van der Waals surface area contributed by atoms with Gasteiger partial charge in [0.15, 0.2) is 0 Å². The molecule has 0 radical (unpaired) electrons. The summed E-state index contributed by atoms with van der Waals surface area (Å²) >= 11 is 4.74. The van der Waals surface area contributed by atoms with Crippen molar-refractivity contribution in [3.63, 3.8) is 0 Å². The Labute approximate surface area is 134 Å². The lowest BCUT2D eigenvalue weighted by Crippen LogP contribution is -2.28. The van der Waals surface area contributed by atoms with E-state index in [1.54, 1.807) is 23.5 Å². The van der Waals surface area contributed by atoms with Gasteiger partial charge in [-0.15, -0.1) is 0 Å². The highest BCUT2D eigenvalue weighted by Crippen LogP contribution is 2.21. The Kier molecular flexibility index (Phi) is 4.98. The molecule has 0 aliphatic heterocycles. The number of hydrogen-bond donors (Lipinski definition) is 3. The first-order chi connectivity index (χ1) is 9.97. The third-order valence-corrected chi connectivity index (χ3v) is 4.46. The summed E-state index contributed by atoms with van der Waals surface area (Å²) in [7, 11) is 0. The first-order valence-electron chi connectivity index (χ1n) is 6.06. The normalized spacial score (nSPS) is 10.2. The van der Waals surface area contributed by atoms with Crippen LogP contribution < -0.4 is 10.6 Å².